The van der Waals surface area contributed by atoms with E-state index >= 15 is 0 Å². The zero-order chi connectivity index (χ0) is 15.2. The van der Waals surface area contributed by atoms with Crippen LogP contribution in [0.2, 0.25) is 0 Å². The Morgan fingerprint density at radius 3 is 3.05 bits per heavy atom. The average molecular weight is 319 g/mol. The van der Waals surface area contributed by atoms with Gasteiger partial charge in [0.25, 0.3) is 5.91 Å². The van der Waals surface area contributed by atoms with E-state index in [2.05, 4.69) is 29.1 Å². The van der Waals surface area contributed by atoms with Crippen molar-refractivity contribution >= 4 is 28.6 Å². The molecule has 21 heavy (non-hydrogen) atoms. The standard InChI is InChI=1S/C15H17N3OS2/c1-3-12-9-17-15(21-12)10(2)18-14(19)13-11(5-4-7-16)6-8-20-13/h6,8-10H,3,7,16H2,1-2H3,(H,18,19). The maximum absolute atomic E-state index is 12.3. The van der Waals surface area contributed by atoms with Crippen molar-refractivity contribution in [3.05, 3.63) is 38.0 Å². The highest BCUT2D eigenvalue weighted by Crippen LogP contribution is 2.22. The summed E-state index contributed by atoms with van der Waals surface area (Å²) in [6.45, 7) is 4.32. The molecule has 0 aliphatic heterocycles. The van der Waals surface area contributed by atoms with Gasteiger partial charge in [0.2, 0.25) is 0 Å². The SMILES string of the molecule is CCc1cnc(C(C)NC(=O)c2sccc2C#CCN)s1. The molecule has 2 rings (SSSR count). The lowest BCUT2D eigenvalue weighted by molar-refractivity contribution is 0.0943. The Labute approximate surface area is 132 Å². The molecule has 0 bridgehead atoms. The summed E-state index contributed by atoms with van der Waals surface area (Å²) in [4.78, 5) is 18.5. The first-order chi connectivity index (χ1) is 10.2. The normalized spacial score (nSPS) is 11.6. The molecule has 0 aliphatic carbocycles. The number of thiazole rings is 1. The Kier molecular flexibility index (Phi) is 5.51. The van der Waals surface area contributed by atoms with E-state index in [4.69, 9.17) is 5.73 Å². The minimum Gasteiger partial charge on any atom is -0.342 e. The quantitative estimate of drug-likeness (QED) is 0.851. The first kappa shape index (κ1) is 15.7. The van der Waals surface area contributed by atoms with Gasteiger partial charge in [0.05, 0.1) is 12.6 Å². The molecule has 0 aliphatic rings. The van der Waals surface area contributed by atoms with E-state index in [1.54, 1.807) is 11.3 Å². The number of amides is 1. The van der Waals surface area contributed by atoms with Gasteiger partial charge in [-0.05, 0) is 24.8 Å². The molecule has 2 aromatic heterocycles. The van der Waals surface area contributed by atoms with E-state index in [-0.39, 0.29) is 18.5 Å². The molecule has 6 heteroatoms. The maximum Gasteiger partial charge on any atom is 0.263 e. The smallest absolute Gasteiger partial charge is 0.263 e. The van der Waals surface area contributed by atoms with Gasteiger partial charge in [-0.2, -0.15) is 0 Å². The number of nitrogens with two attached hydrogens (primary N) is 1. The fourth-order valence-electron chi connectivity index (χ4n) is 1.74. The van der Waals surface area contributed by atoms with Crippen molar-refractivity contribution < 1.29 is 4.79 Å². The summed E-state index contributed by atoms with van der Waals surface area (Å²) in [7, 11) is 0. The first-order valence-corrected chi connectivity index (χ1v) is 8.37. The van der Waals surface area contributed by atoms with Gasteiger partial charge in [0, 0.05) is 16.6 Å². The molecule has 2 heterocycles. The predicted octanol–water partition coefficient (Wildman–Crippen LogP) is 2.57. The van der Waals surface area contributed by atoms with E-state index in [0.29, 0.717) is 4.88 Å². The number of aromatic nitrogens is 1. The minimum absolute atomic E-state index is 0.111. The molecule has 1 amide bonds. The summed E-state index contributed by atoms with van der Waals surface area (Å²) < 4.78 is 0. The van der Waals surface area contributed by atoms with Crippen LogP contribution in [0.1, 0.15) is 45.0 Å². The summed E-state index contributed by atoms with van der Waals surface area (Å²) in [5.41, 5.74) is 6.09. The molecule has 2 aromatic rings. The number of rotatable bonds is 4. The van der Waals surface area contributed by atoms with Gasteiger partial charge < -0.3 is 11.1 Å². The summed E-state index contributed by atoms with van der Waals surface area (Å²) in [5, 5.41) is 5.76. The third kappa shape index (κ3) is 3.91. The number of carbonyl (C=O) groups excluding carboxylic acids is 1. The average Bonchev–Trinajstić information content (AvgIpc) is 3.13. The number of hydrogen-bond donors (Lipinski definition) is 2. The summed E-state index contributed by atoms with van der Waals surface area (Å²) in [6, 6.07) is 1.73. The number of thiophene rings is 1. The van der Waals surface area contributed by atoms with Gasteiger partial charge in [0.1, 0.15) is 9.88 Å². The second-order valence-corrected chi connectivity index (χ2v) is 6.45. The van der Waals surface area contributed by atoms with Gasteiger partial charge in [-0.25, -0.2) is 4.98 Å². The van der Waals surface area contributed by atoms with Crippen molar-refractivity contribution in [2.75, 3.05) is 6.54 Å². The van der Waals surface area contributed by atoms with Crippen LogP contribution in [0.3, 0.4) is 0 Å². The maximum atomic E-state index is 12.3. The van der Waals surface area contributed by atoms with Crippen molar-refractivity contribution in [1.82, 2.24) is 10.3 Å². The van der Waals surface area contributed by atoms with E-state index in [1.807, 2.05) is 24.6 Å². The Balaban J connectivity index is 2.09. The van der Waals surface area contributed by atoms with Crippen molar-refractivity contribution in [2.24, 2.45) is 5.73 Å². The number of carbonyl (C=O) groups is 1. The predicted molar refractivity (Wildman–Crippen MR) is 87.6 cm³/mol. The molecule has 4 nitrogen and oxygen atoms in total. The van der Waals surface area contributed by atoms with Crippen molar-refractivity contribution in [1.29, 1.82) is 0 Å². The van der Waals surface area contributed by atoms with Crippen LogP contribution in [0.15, 0.2) is 17.6 Å². The Morgan fingerprint density at radius 2 is 2.38 bits per heavy atom. The molecule has 0 spiro atoms. The molecular weight excluding hydrogens is 302 g/mol. The van der Waals surface area contributed by atoms with E-state index in [1.165, 1.54) is 16.2 Å². The van der Waals surface area contributed by atoms with Gasteiger partial charge in [-0.15, -0.1) is 22.7 Å². The molecule has 0 saturated carbocycles. The van der Waals surface area contributed by atoms with E-state index in [0.717, 1.165) is 17.0 Å². The lowest BCUT2D eigenvalue weighted by atomic mass is 10.2. The zero-order valence-corrected chi connectivity index (χ0v) is 13.6. The Bertz CT molecular complexity index is 678. The molecular formula is C15H17N3OS2. The number of hydrogen-bond acceptors (Lipinski definition) is 5. The molecule has 1 atom stereocenters. The molecule has 0 fully saturated rings. The Hall–Kier alpha value is -1.68. The monoisotopic (exact) mass is 319 g/mol. The molecule has 3 N–H and O–H groups in total. The Morgan fingerprint density at radius 1 is 1.57 bits per heavy atom. The second-order valence-electron chi connectivity index (χ2n) is 4.38. The highest BCUT2D eigenvalue weighted by molar-refractivity contribution is 7.12. The van der Waals surface area contributed by atoms with Crippen LogP contribution < -0.4 is 11.1 Å². The fourth-order valence-corrected chi connectivity index (χ4v) is 3.35. The third-order valence-electron chi connectivity index (χ3n) is 2.83. The third-order valence-corrected chi connectivity index (χ3v) is 5.07. The number of nitrogens with one attached hydrogen (secondary N) is 1. The molecule has 1 unspecified atom stereocenters. The van der Waals surface area contributed by atoms with Crippen molar-refractivity contribution in [3.8, 4) is 11.8 Å². The van der Waals surface area contributed by atoms with Crippen LogP contribution in [0.5, 0.6) is 0 Å². The van der Waals surface area contributed by atoms with Crippen LogP contribution in [0, 0.1) is 11.8 Å². The topological polar surface area (TPSA) is 68.0 Å². The number of nitrogens with zero attached hydrogens (tertiary/aromatic N) is 1. The highest BCUT2D eigenvalue weighted by Gasteiger charge is 2.17. The van der Waals surface area contributed by atoms with Gasteiger partial charge in [-0.1, -0.05) is 18.8 Å². The minimum atomic E-state index is -0.118. The van der Waals surface area contributed by atoms with Crippen LogP contribution in [0.4, 0.5) is 0 Å². The number of aryl methyl sites for hydroxylation is 1. The summed E-state index contributed by atoms with van der Waals surface area (Å²) >= 11 is 3.01. The lowest BCUT2D eigenvalue weighted by Gasteiger charge is -2.10. The summed E-state index contributed by atoms with van der Waals surface area (Å²) in [6.07, 6.45) is 2.83. The van der Waals surface area contributed by atoms with Crippen molar-refractivity contribution in [3.63, 3.8) is 0 Å². The summed E-state index contributed by atoms with van der Waals surface area (Å²) in [5.74, 6) is 5.58. The molecule has 110 valence electrons. The first-order valence-electron chi connectivity index (χ1n) is 6.67. The van der Waals surface area contributed by atoms with Crippen LogP contribution in [-0.4, -0.2) is 17.4 Å². The van der Waals surface area contributed by atoms with Crippen molar-refractivity contribution in [2.45, 2.75) is 26.3 Å². The fraction of sp³-hybridized carbons (Fsp3) is 0.333. The largest absolute Gasteiger partial charge is 0.342 e. The van der Waals surface area contributed by atoms with Gasteiger partial charge in [0.15, 0.2) is 0 Å². The second kappa shape index (κ2) is 7.36. The van der Waals surface area contributed by atoms with Crippen LogP contribution in [-0.2, 0) is 6.42 Å². The molecule has 0 saturated heterocycles. The zero-order valence-electron chi connectivity index (χ0n) is 12.0. The van der Waals surface area contributed by atoms with Crippen LogP contribution >= 0.6 is 22.7 Å². The van der Waals surface area contributed by atoms with Gasteiger partial charge in [-0.3, -0.25) is 4.79 Å². The molecule has 0 radical (unpaired) electrons. The molecule has 0 aromatic carbocycles. The van der Waals surface area contributed by atoms with E-state index < -0.39 is 0 Å². The lowest BCUT2D eigenvalue weighted by Crippen LogP contribution is -2.26. The highest BCUT2D eigenvalue weighted by atomic mass is 32.1. The van der Waals surface area contributed by atoms with Gasteiger partial charge >= 0.3 is 0 Å². The van der Waals surface area contributed by atoms with E-state index in [9.17, 15) is 4.79 Å². The van der Waals surface area contributed by atoms with Crippen LogP contribution in [0.25, 0.3) is 0 Å².